The molecule has 0 aromatic rings. The van der Waals surface area contributed by atoms with Gasteiger partial charge in [0.2, 0.25) is 0 Å². The van der Waals surface area contributed by atoms with Crippen LogP contribution in [0.1, 0.15) is 79.1 Å². The summed E-state index contributed by atoms with van der Waals surface area (Å²) in [5.41, 5.74) is 3.48. The highest BCUT2D eigenvalue weighted by atomic mass is 16.3. The Morgan fingerprint density at radius 2 is 1.96 bits per heavy atom. The van der Waals surface area contributed by atoms with Gasteiger partial charge in [-0.15, -0.1) is 0 Å². The molecule has 4 aliphatic rings. The van der Waals surface area contributed by atoms with Crippen LogP contribution in [0.5, 0.6) is 0 Å². The Kier molecular flexibility index (Phi) is 4.50. The SMILES string of the molecule is CC=C1CC[C@H]2[C@@H]3[C@H](CCC)CC4=CC(=O)C(O)C[C@]4(C)[C@H]3CC[C@]12C. The molecular weight excluding hydrogens is 320 g/mol. The summed E-state index contributed by atoms with van der Waals surface area (Å²) in [6.45, 7) is 9.43. The van der Waals surface area contributed by atoms with Gasteiger partial charge < -0.3 is 5.11 Å². The summed E-state index contributed by atoms with van der Waals surface area (Å²) in [7, 11) is 0. The molecular formula is C24H36O2. The van der Waals surface area contributed by atoms with Crippen molar-refractivity contribution in [2.45, 2.75) is 85.2 Å². The van der Waals surface area contributed by atoms with Gasteiger partial charge in [-0.1, -0.05) is 50.8 Å². The largest absolute Gasteiger partial charge is 0.385 e. The third kappa shape index (κ3) is 2.44. The van der Waals surface area contributed by atoms with Crippen LogP contribution in [-0.2, 0) is 4.79 Å². The average Bonchev–Trinajstić information content (AvgIpc) is 2.94. The minimum Gasteiger partial charge on any atom is -0.385 e. The summed E-state index contributed by atoms with van der Waals surface area (Å²) < 4.78 is 0. The van der Waals surface area contributed by atoms with Crippen LogP contribution < -0.4 is 0 Å². The Labute approximate surface area is 159 Å². The van der Waals surface area contributed by atoms with Crippen molar-refractivity contribution in [3.8, 4) is 0 Å². The second-order valence-electron chi connectivity index (χ2n) is 10.1. The molecule has 3 fully saturated rings. The summed E-state index contributed by atoms with van der Waals surface area (Å²) in [6, 6.07) is 0. The Morgan fingerprint density at radius 3 is 2.65 bits per heavy atom. The van der Waals surface area contributed by atoms with E-state index in [9.17, 15) is 9.90 Å². The van der Waals surface area contributed by atoms with Gasteiger partial charge in [-0.25, -0.2) is 0 Å². The molecule has 0 saturated heterocycles. The number of aliphatic hydroxyl groups excluding tert-OH is 1. The van der Waals surface area contributed by atoms with Gasteiger partial charge in [0.15, 0.2) is 5.78 Å². The Hall–Kier alpha value is -0.890. The molecule has 0 heterocycles. The fourth-order valence-corrected chi connectivity index (χ4v) is 7.75. The molecule has 1 N–H and O–H groups in total. The van der Waals surface area contributed by atoms with Crippen molar-refractivity contribution in [2.24, 2.45) is 34.5 Å². The highest BCUT2D eigenvalue weighted by Crippen LogP contribution is 2.68. The van der Waals surface area contributed by atoms with Crippen LogP contribution in [0.25, 0.3) is 0 Å². The second kappa shape index (κ2) is 6.33. The molecule has 0 aromatic carbocycles. The number of ketones is 1. The number of hydrogen-bond donors (Lipinski definition) is 1. The van der Waals surface area contributed by atoms with Gasteiger partial charge in [0.05, 0.1) is 0 Å². The van der Waals surface area contributed by atoms with Gasteiger partial charge in [-0.3, -0.25) is 4.79 Å². The second-order valence-corrected chi connectivity index (χ2v) is 10.1. The minimum atomic E-state index is -0.782. The van der Waals surface area contributed by atoms with Crippen molar-refractivity contribution in [3.05, 3.63) is 23.3 Å². The topological polar surface area (TPSA) is 37.3 Å². The molecule has 26 heavy (non-hydrogen) atoms. The molecule has 4 aliphatic carbocycles. The number of carbonyl (C=O) groups excluding carboxylic acids is 1. The Morgan fingerprint density at radius 1 is 1.23 bits per heavy atom. The van der Waals surface area contributed by atoms with Crippen LogP contribution >= 0.6 is 0 Å². The van der Waals surface area contributed by atoms with Gasteiger partial charge in [0, 0.05) is 0 Å². The third-order valence-electron chi connectivity index (χ3n) is 9.03. The highest BCUT2D eigenvalue weighted by molar-refractivity contribution is 5.95. The molecule has 1 unspecified atom stereocenters. The van der Waals surface area contributed by atoms with E-state index in [0.717, 1.165) is 18.3 Å². The van der Waals surface area contributed by atoms with Gasteiger partial charge >= 0.3 is 0 Å². The van der Waals surface area contributed by atoms with Crippen molar-refractivity contribution < 1.29 is 9.90 Å². The van der Waals surface area contributed by atoms with E-state index in [2.05, 4.69) is 33.8 Å². The smallest absolute Gasteiger partial charge is 0.184 e. The first-order valence-corrected chi connectivity index (χ1v) is 10.9. The standard InChI is InChI=1S/C24H36O2/c1-5-7-15-12-17-13-20(25)21(26)14-24(17,4)19-10-11-23(3)16(6-2)8-9-18(23)22(15)19/h6,13,15,18-19,21-22,26H,5,7-12,14H2,1-4H3/t15-,18+,19+,21?,22+,23-,24+/m1/s1. The molecule has 4 rings (SSSR count). The van der Waals surface area contributed by atoms with Crippen molar-refractivity contribution in [1.29, 1.82) is 0 Å². The van der Waals surface area contributed by atoms with Gasteiger partial charge in [-0.2, -0.15) is 0 Å². The zero-order chi connectivity index (χ0) is 18.7. The number of aliphatic hydroxyl groups is 1. The molecule has 0 radical (unpaired) electrons. The summed E-state index contributed by atoms with van der Waals surface area (Å²) in [4.78, 5) is 12.2. The van der Waals surface area contributed by atoms with Crippen LogP contribution in [0.4, 0.5) is 0 Å². The van der Waals surface area contributed by atoms with Crippen LogP contribution in [0, 0.1) is 34.5 Å². The number of hydrogen-bond acceptors (Lipinski definition) is 2. The first kappa shape index (κ1) is 18.5. The lowest BCUT2D eigenvalue weighted by Gasteiger charge is -2.60. The third-order valence-corrected chi connectivity index (χ3v) is 9.03. The molecule has 144 valence electrons. The monoisotopic (exact) mass is 356 g/mol. The molecule has 0 bridgehead atoms. The fraction of sp³-hybridized carbons (Fsp3) is 0.792. The molecule has 2 heteroatoms. The van der Waals surface area contributed by atoms with Crippen LogP contribution in [-0.4, -0.2) is 17.0 Å². The Balaban J connectivity index is 1.77. The average molecular weight is 357 g/mol. The minimum absolute atomic E-state index is 0.0300. The molecule has 3 saturated carbocycles. The van der Waals surface area contributed by atoms with Gasteiger partial charge in [0.25, 0.3) is 0 Å². The normalized spacial score (nSPS) is 49.4. The maximum Gasteiger partial charge on any atom is 0.184 e. The molecule has 0 spiro atoms. The zero-order valence-corrected chi connectivity index (χ0v) is 17.1. The van der Waals surface area contributed by atoms with E-state index in [1.165, 1.54) is 44.1 Å². The van der Waals surface area contributed by atoms with Crippen LogP contribution in [0.3, 0.4) is 0 Å². The lowest BCUT2D eigenvalue weighted by molar-refractivity contribution is -0.129. The lowest BCUT2D eigenvalue weighted by Crippen LogP contribution is -2.54. The summed E-state index contributed by atoms with van der Waals surface area (Å²) in [6.07, 6.45) is 12.9. The van der Waals surface area contributed by atoms with E-state index in [0.29, 0.717) is 23.7 Å². The van der Waals surface area contributed by atoms with Crippen molar-refractivity contribution in [1.82, 2.24) is 0 Å². The number of carbonyl (C=O) groups is 1. The summed E-state index contributed by atoms with van der Waals surface area (Å²) in [5.74, 6) is 2.85. The van der Waals surface area contributed by atoms with E-state index in [1.807, 2.05) is 6.08 Å². The van der Waals surface area contributed by atoms with Crippen molar-refractivity contribution in [3.63, 3.8) is 0 Å². The van der Waals surface area contributed by atoms with Gasteiger partial charge in [-0.05, 0) is 86.0 Å². The van der Waals surface area contributed by atoms with E-state index in [4.69, 9.17) is 0 Å². The zero-order valence-electron chi connectivity index (χ0n) is 17.1. The molecule has 0 aliphatic heterocycles. The molecule has 7 atom stereocenters. The number of allylic oxidation sites excluding steroid dienone is 3. The highest BCUT2D eigenvalue weighted by Gasteiger charge is 2.60. The number of rotatable bonds is 2. The fourth-order valence-electron chi connectivity index (χ4n) is 7.75. The van der Waals surface area contributed by atoms with E-state index >= 15 is 0 Å². The summed E-state index contributed by atoms with van der Waals surface area (Å²) >= 11 is 0. The molecule has 2 nitrogen and oxygen atoms in total. The molecule has 0 amide bonds. The predicted octanol–water partition coefficient (Wildman–Crippen LogP) is 5.46. The maximum absolute atomic E-state index is 12.2. The predicted molar refractivity (Wildman–Crippen MR) is 106 cm³/mol. The first-order chi connectivity index (χ1) is 12.3. The quantitative estimate of drug-likeness (QED) is 0.667. The Bertz CT molecular complexity index is 659. The number of fused-ring (bicyclic) bond motifs is 5. The first-order valence-electron chi connectivity index (χ1n) is 10.9. The molecule has 0 aromatic heterocycles. The van der Waals surface area contributed by atoms with E-state index < -0.39 is 6.10 Å². The van der Waals surface area contributed by atoms with Crippen LogP contribution in [0.15, 0.2) is 23.3 Å². The van der Waals surface area contributed by atoms with E-state index in [1.54, 1.807) is 5.57 Å². The maximum atomic E-state index is 12.2. The lowest BCUT2D eigenvalue weighted by atomic mass is 9.44. The van der Waals surface area contributed by atoms with E-state index in [-0.39, 0.29) is 11.2 Å². The summed E-state index contributed by atoms with van der Waals surface area (Å²) in [5, 5.41) is 10.4. The van der Waals surface area contributed by atoms with Crippen LogP contribution in [0.2, 0.25) is 0 Å². The van der Waals surface area contributed by atoms with Gasteiger partial charge in [0.1, 0.15) is 6.10 Å². The van der Waals surface area contributed by atoms with Crippen molar-refractivity contribution >= 4 is 5.78 Å². The van der Waals surface area contributed by atoms with Crippen molar-refractivity contribution in [2.75, 3.05) is 0 Å².